The Morgan fingerprint density at radius 1 is 1.35 bits per heavy atom. The Hall–Kier alpha value is -1.81. The molecule has 1 aromatic rings. The summed E-state index contributed by atoms with van der Waals surface area (Å²) in [6.07, 6.45) is 4.41. The monoisotopic (exact) mass is 276 g/mol. The molecule has 0 aliphatic rings. The van der Waals surface area contributed by atoms with Crippen LogP contribution in [0.15, 0.2) is 30.3 Å². The fraction of sp³-hybridized carbons (Fsp3) is 0.438. The van der Waals surface area contributed by atoms with E-state index in [0.29, 0.717) is 13.0 Å². The van der Waals surface area contributed by atoms with Crippen molar-refractivity contribution in [2.75, 3.05) is 25.5 Å². The highest BCUT2D eigenvalue weighted by molar-refractivity contribution is 5.91. The number of carbonyl (C=O) groups is 1. The topological polar surface area (TPSA) is 52.6 Å². The van der Waals surface area contributed by atoms with Crippen LogP contribution in [0, 0.1) is 0 Å². The second kappa shape index (κ2) is 8.38. The summed E-state index contributed by atoms with van der Waals surface area (Å²) in [7, 11) is 3.97. The predicted octanol–water partition coefficient (Wildman–Crippen LogP) is 2.04. The number of nitrogens with zero attached hydrogens (tertiary/aromatic N) is 1. The smallest absolute Gasteiger partial charge is 0.244 e. The fourth-order valence-electron chi connectivity index (χ4n) is 1.77. The van der Waals surface area contributed by atoms with Crippen LogP contribution in [-0.2, 0) is 4.79 Å². The number of carbonyl (C=O) groups excluding carboxylic acids is 1. The van der Waals surface area contributed by atoms with Crippen LogP contribution in [0.4, 0.5) is 5.69 Å². The van der Waals surface area contributed by atoms with Gasteiger partial charge in [-0.2, -0.15) is 0 Å². The minimum absolute atomic E-state index is 0.183. The van der Waals surface area contributed by atoms with Crippen LogP contribution in [-0.4, -0.2) is 37.8 Å². The van der Waals surface area contributed by atoms with E-state index in [4.69, 9.17) is 0 Å². The third kappa shape index (κ3) is 5.89. The number of anilines is 1. The van der Waals surface area contributed by atoms with Gasteiger partial charge in [-0.1, -0.05) is 25.5 Å². The quantitative estimate of drug-likeness (QED) is 0.749. The largest absolute Gasteiger partial charge is 0.391 e. The minimum Gasteiger partial charge on any atom is -0.391 e. The molecule has 2 N–H and O–H groups in total. The van der Waals surface area contributed by atoms with Gasteiger partial charge in [0.25, 0.3) is 0 Å². The van der Waals surface area contributed by atoms with Gasteiger partial charge in [0.15, 0.2) is 0 Å². The van der Waals surface area contributed by atoms with E-state index in [0.717, 1.165) is 17.7 Å². The maximum Gasteiger partial charge on any atom is 0.244 e. The summed E-state index contributed by atoms with van der Waals surface area (Å²) >= 11 is 0. The van der Waals surface area contributed by atoms with Gasteiger partial charge in [0.1, 0.15) is 0 Å². The second-order valence-corrected chi connectivity index (χ2v) is 5.01. The number of aliphatic hydroxyl groups is 1. The lowest BCUT2D eigenvalue weighted by Crippen LogP contribution is -2.30. The van der Waals surface area contributed by atoms with Crippen LogP contribution < -0.4 is 10.2 Å². The van der Waals surface area contributed by atoms with E-state index in [9.17, 15) is 9.90 Å². The summed E-state index contributed by atoms with van der Waals surface area (Å²) < 4.78 is 0. The molecule has 0 radical (unpaired) electrons. The number of hydrogen-bond donors (Lipinski definition) is 2. The summed E-state index contributed by atoms with van der Waals surface area (Å²) in [6.45, 7) is 2.30. The van der Waals surface area contributed by atoms with Crippen LogP contribution in [0.5, 0.6) is 0 Å². The van der Waals surface area contributed by atoms with Gasteiger partial charge in [0.2, 0.25) is 5.91 Å². The number of benzene rings is 1. The van der Waals surface area contributed by atoms with Crippen molar-refractivity contribution in [3.05, 3.63) is 35.9 Å². The van der Waals surface area contributed by atoms with Gasteiger partial charge >= 0.3 is 0 Å². The Balaban J connectivity index is 2.44. The SMILES string of the molecule is CCCC(O)CNC(=O)/C=C/c1ccc(N(C)C)cc1. The molecule has 1 unspecified atom stereocenters. The first-order valence-electron chi connectivity index (χ1n) is 6.94. The average molecular weight is 276 g/mol. The van der Waals surface area contributed by atoms with E-state index >= 15 is 0 Å². The molecule has 0 saturated heterocycles. The van der Waals surface area contributed by atoms with Crippen molar-refractivity contribution in [1.82, 2.24) is 5.32 Å². The lowest BCUT2D eigenvalue weighted by molar-refractivity contribution is -0.116. The van der Waals surface area contributed by atoms with Gasteiger partial charge in [0, 0.05) is 32.4 Å². The molecule has 0 aliphatic heterocycles. The number of rotatable bonds is 7. The summed E-state index contributed by atoms with van der Waals surface area (Å²) in [4.78, 5) is 13.6. The maximum absolute atomic E-state index is 11.6. The molecule has 110 valence electrons. The first kappa shape index (κ1) is 16.2. The molecular weight excluding hydrogens is 252 g/mol. The van der Waals surface area contributed by atoms with Crippen LogP contribution in [0.1, 0.15) is 25.3 Å². The number of amides is 1. The molecule has 0 aliphatic carbocycles. The average Bonchev–Trinajstić information content (AvgIpc) is 2.43. The van der Waals surface area contributed by atoms with Crippen LogP contribution in [0.3, 0.4) is 0 Å². The Morgan fingerprint density at radius 3 is 2.55 bits per heavy atom. The highest BCUT2D eigenvalue weighted by Gasteiger charge is 2.03. The molecule has 4 heteroatoms. The summed E-state index contributed by atoms with van der Waals surface area (Å²) in [5.74, 6) is -0.183. The normalized spacial score (nSPS) is 12.4. The van der Waals surface area contributed by atoms with Gasteiger partial charge in [-0.25, -0.2) is 0 Å². The summed E-state index contributed by atoms with van der Waals surface area (Å²) in [5, 5.41) is 12.2. The van der Waals surface area contributed by atoms with E-state index in [1.54, 1.807) is 6.08 Å². The molecule has 1 amide bonds. The van der Waals surface area contributed by atoms with Crippen molar-refractivity contribution in [3.63, 3.8) is 0 Å². The molecular formula is C16H24N2O2. The first-order chi connectivity index (χ1) is 9.52. The van der Waals surface area contributed by atoms with Gasteiger partial charge in [-0.15, -0.1) is 0 Å². The van der Waals surface area contributed by atoms with Gasteiger partial charge < -0.3 is 15.3 Å². The van der Waals surface area contributed by atoms with E-state index in [-0.39, 0.29) is 5.91 Å². The van der Waals surface area contributed by atoms with Crippen LogP contribution in [0.25, 0.3) is 6.08 Å². The maximum atomic E-state index is 11.6. The molecule has 1 aromatic carbocycles. The summed E-state index contributed by atoms with van der Waals surface area (Å²) in [6, 6.07) is 7.93. The van der Waals surface area contributed by atoms with Crippen molar-refractivity contribution < 1.29 is 9.90 Å². The highest BCUT2D eigenvalue weighted by atomic mass is 16.3. The van der Waals surface area contributed by atoms with Gasteiger partial charge in [0.05, 0.1) is 6.10 Å². The number of nitrogens with one attached hydrogen (secondary N) is 1. The van der Waals surface area contributed by atoms with Crippen LogP contribution >= 0.6 is 0 Å². The molecule has 4 nitrogen and oxygen atoms in total. The van der Waals surface area contributed by atoms with E-state index in [1.807, 2.05) is 50.2 Å². The molecule has 0 spiro atoms. The third-order valence-corrected chi connectivity index (χ3v) is 2.97. The zero-order valence-corrected chi connectivity index (χ0v) is 12.5. The lowest BCUT2D eigenvalue weighted by atomic mass is 10.2. The van der Waals surface area contributed by atoms with Gasteiger partial charge in [-0.05, 0) is 30.2 Å². The molecule has 0 saturated carbocycles. The fourth-order valence-corrected chi connectivity index (χ4v) is 1.77. The van der Waals surface area contributed by atoms with Crippen molar-refractivity contribution in [1.29, 1.82) is 0 Å². The molecule has 0 aromatic heterocycles. The van der Waals surface area contributed by atoms with Crippen molar-refractivity contribution in [3.8, 4) is 0 Å². The molecule has 1 rings (SSSR count). The lowest BCUT2D eigenvalue weighted by Gasteiger charge is -2.11. The minimum atomic E-state index is -0.461. The predicted molar refractivity (Wildman–Crippen MR) is 83.7 cm³/mol. The zero-order valence-electron chi connectivity index (χ0n) is 12.5. The van der Waals surface area contributed by atoms with Gasteiger partial charge in [-0.3, -0.25) is 4.79 Å². The van der Waals surface area contributed by atoms with E-state index in [1.165, 1.54) is 6.08 Å². The van der Waals surface area contributed by atoms with Crippen molar-refractivity contribution >= 4 is 17.7 Å². The first-order valence-corrected chi connectivity index (χ1v) is 6.94. The Labute approximate surface area is 121 Å². The second-order valence-electron chi connectivity index (χ2n) is 5.01. The van der Waals surface area contributed by atoms with Crippen LogP contribution in [0.2, 0.25) is 0 Å². The molecule has 0 bridgehead atoms. The standard InChI is InChI=1S/C16H24N2O2/c1-4-5-15(19)12-17-16(20)11-8-13-6-9-14(10-7-13)18(2)3/h6-11,15,19H,4-5,12H2,1-3H3,(H,17,20)/b11-8+. The number of hydrogen-bond acceptors (Lipinski definition) is 3. The Kier molecular flexibility index (Phi) is 6.81. The van der Waals surface area contributed by atoms with Crippen molar-refractivity contribution in [2.45, 2.75) is 25.9 Å². The molecule has 0 fully saturated rings. The number of aliphatic hydroxyl groups excluding tert-OH is 1. The van der Waals surface area contributed by atoms with Crippen molar-refractivity contribution in [2.24, 2.45) is 0 Å². The van der Waals surface area contributed by atoms with E-state index < -0.39 is 6.10 Å². The molecule has 20 heavy (non-hydrogen) atoms. The molecule has 0 heterocycles. The Morgan fingerprint density at radius 2 is 2.00 bits per heavy atom. The Bertz CT molecular complexity index is 438. The van der Waals surface area contributed by atoms with E-state index in [2.05, 4.69) is 5.32 Å². The zero-order chi connectivity index (χ0) is 15.0. The third-order valence-electron chi connectivity index (χ3n) is 2.97. The highest BCUT2D eigenvalue weighted by Crippen LogP contribution is 2.12. The molecule has 1 atom stereocenters. The summed E-state index contributed by atoms with van der Waals surface area (Å²) in [5.41, 5.74) is 2.09.